The fraction of sp³-hybridized carbons (Fsp3) is 0.280. The summed E-state index contributed by atoms with van der Waals surface area (Å²) in [6.45, 7) is 3.28. The van der Waals surface area contributed by atoms with Crippen molar-refractivity contribution < 1.29 is 4.74 Å². The number of methoxy groups -OCH3 is 1. The summed E-state index contributed by atoms with van der Waals surface area (Å²) in [5.74, 6) is 0.801. The average molecular weight is 427 g/mol. The summed E-state index contributed by atoms with van der Waals surface area (Å²) in [4.78, 5) is 16.0. The van der Waals surface area contributed by atoms with Crippen LogP contribution in [0.5, 0.6) is 0 Å². The molecule has 0 amide bonds. The van der Waals surface area contributed by atoms with Gasteiger partial charge in [0.25, 0.3) is 0 Å². The van der Waals surface area contributed by atoms with Gasteiger partial charge in [-0.2, -0.15) is 5.10 Å². The quantitative estimate of drug-likeness (QED) is 0.450. The molecule has 1 aromatic carbocycles. The third kappa shape index (κ3) is 4.30. The number of nitrogens with zero attached hydrogens (tertiary/aromatic N) is 6. The Morgan fingerprint density at radius 3 is 2.81 bits per heavy atom. The van der Waals surface area contributed by atoms with Crippen LogP contribution in [0.2, 0.25) is 0 Å². The minimum atomic E-state index is 0.593. The highest BCUT2D eigenvalue weighted by molar-refractivity contribution is 5.78. The largest absolute Gasteiger partial charge is 0.383 e. The van der Waals surface area contributed by atoms with E-state index in [2.05, 4.69) is 40.1 Å². The molecule has 7 heteroatoms. The zero-order valence-corrected chi connectivity index (χ0v) is 18.4. The number of hydrogen-bond donors (Lipinski definition) is 0. The minimum Gasteiger partial charge on any atom is -0.383 e. The molecule has 0 saturated heterocycles. The molecule has 0 spiro atoms. The Balaban J connectivity index is 1.46. The van der Waals surface area contributed by atoms with Crippen molar-refractivity contribution in [1.82, 2.24) is 29.6 Å². The van der Waals surface area contributed by atoms with Gasteiger partial charge in [0, 0.05) is 62.5 Å². The molecule has 3 aromatic heterocycles. The third-order valence-electron chi connectivity index (χ3n) is 5.72. The summed E-state index contributed by atoms with van der Waals surface area (Å²) in [6, 6.07) is 12.6. The average Bonchev–Trinajstić information content (AvgIpc) is 3.41. The summed E-state index contributed by atoms with van der Waals surface area (Å²) < 4.78 is 7.13. The molecule has 0 aliphatic carbocycles. The fourth-order valence-corrected chi connectivity index (χ4v) is 4.17. The van der Waals surface area contributed by atoms with Gasteiger partial charge in [-0.05, 0) is 41.9 Å². The number of pyridine rings is 1. The molecule has 0 bridgehead atoms. The molecular weight excluding hydrogens is 400 g/mol. The highest BCUT2D eigenvalue weighted by Gasteiger charge is 2.17. The van der Waals surface area contributed by atoms with Gasteiger partial charge in [-0.15, -0.1) is 0 Å². The van der Waals surface area contributed by atoms with Crippen LogP contribution in [0.1, 0.15) is 22.5 Å². The second kappa shape index (κ2) is 8.98. The van der Waals surface area contributed by atoms with E-state index in [0.717, 1.165) is 41.4 Å². The van der Waals surface area contributed by atoms with Crippen molar-refractivity contribution in [3.05, 3.63) is 83.7 Å². The van der Waals surface area contributed by atoms with Gasteiger partial charge in [0.2, 0.25) is 0 Å². The van der Waals surface area contributed by atoms with E-state index in [1.165, 1.54) is 16.7 Å². The second-order valence-electron chi connectivity index (χ2n) is 8.20. The van der Waals surface area contributed by atoms with Gasteiger partial charge in [-0.25, -0.2) is 9.97 Å². The molecule has 0 fully saturated rings. The second-order valence-corrected chi connectivity index (χ2v) is 8.20. The monoisotopic (exact) mass is 426 g/mol. The Labute approximate surface area is 187 Å². The Bertz CT molecular complexity index is 1220. The summed E-state index contributed by atoms with van der Waals surface area (Å²) >= 11 is 0. The van der Waals surface area contributed by atoms with Crippen LogP contribution in [-0.4, -0.2) is 50.4 Å². The number of aromatic nitrogens is 5. The summed E-state index contributed by atoms with van der Waals surface area (Å²) in [7, 11) is 3.85. The van der Waals surface area contributed by atoms with Crippen LogP contribution in [0.4, 0.5) is 0 Å². The highest BCUT2D eigenvalue weighted by Crippen LogP contribution is 2.30. The topological polar surface area (TPSA) is 69.0 Å². The summed E-state index contributed by atoms with van der Waals surface area (Å²) in [5.41, 5.74) is 7.70. The standard InChI is InChI=1S/C25H26N6O/c1-30-15-20-6-5-18(12-21(20)16-30)13-24-27-9-7-23(28-24)22-17-31(10-11-32-2)29-25(22)19-4-3-8-26-14-19/h3-9,12,14,17H,10-11,13,15-16H2,1-2H3. The molecule has 1 aliphatic rings. The summed E-state index contributed by atoms with van der Waals surface area (Å²) in [5, 5.41) is 4.79. The molecule has 0 N–H and O–H groups in total. The summed E-state index contributed by atoms with van der Waals surface area (Å²) in [6.07, 6.45) is 8.15. The Morgan fingerprint density at radius 2 is 1.97 bits per heavy atom. The predicted octanol–water partition coefficient (Wildman–Crippen LogP) is 3.58. The van der Waals surface area contributed by atoms with Gasteiger partial charge < -0.3 is 4.74 Å². The maximum absolute atomic E-state index is 5.23. The lowest BCUT2D eigenvalue weighted by Gasteiger charge is -2.06. The molecule has 0 unspecified atom stereocenters. The van der Waals surface area contributed by atoms with E-state index in [4.69, 9.17) is 14.8 Å². The number of fused-ring (bicyclic) bond motifs is 1. The molecule has 7 nitrogen and oxygen atoms in total. The predicted molar refractivity (Wildman–Crippen MR) is 123 cm³/mol. The third-order valence-corrected chi connectivity index (χ3v) is 5.72. The lowest BCUT2D eigenvalue weighted by molar-refractivity contribution is 0.183. The first kappa shape index (κ1) is 20.5. The van der Waals surface area contributed by atoms with Gasteiger partial charge in [0.05, 0.1) is 18.8 Å². The fourth-order valence-electron chi connectivity index (χ4n) is 4.17. The molecular formula is C25H26N6O. The first-order chi connectivity index (χ1) is 15.7. The molecule has 5 rings (SSSR count). The van der Waals surface area contributed by atoms with Crippen molar-refractivity contribution in [2.75, 3.05) is 20.8 Å². The van der Waals surface area contributed by atoms with Crippen molar-refractivity contribution >= 4 is 0 Å². The molecule has 1 aliphatic heterocycles. The highest BCUT2D eigenvalue weighted by atomic mass is 16.5. The first-order valence-corrected chi connectivity index (χ1v) is 10.8. The van der Waals surface area contributed by atoms with Crippen molar-refractivity contribution in [1.29, 1.82) is 0 Å². The van der Waals surface area contributed by atoms with E-state index in [-0.39, 0.29) is 0 Å². The van der Waals surface area contributed by atoms with E-state index in [0.29, 0.717) is 19.6 Å². The van der Waals surface area contributed by atoms with E-state index in [9.17, 15) is 0 Å². The minimum absolute atomic E-state index is 0.593. The number of rotatable bonds is 7. The van der Waals surface area contributed by atoms with Gasteiger partial charge in [0.15, 0.2) is 0 Å². The van der Waals surface area contributed by atoms with E-state index in [1.54, 1.807) is 13.3 Å². The maximum Gasteiger partial charge on any atom is 0.133 e. The molecule has 4 heterocycles. The number of ether oxygens (including phenoxy) is 1. The Kier molecular flexibility index (Phi) is 5.75. The molecule has 0 saturated carbocycles. The molecule has 32 heavy (non-hydrogen) atoms. The Hall–Kier alpha value is -3.42. The SMILES string of the molecule is COCCn1cc(-c2ccnc(Cc3ccc4c(c3)CN(C)C4)n2)c(-c2cccnc2)n1. The van der Waals surface area contributed by atoms with Crippen LogP contribution >= 0.6 is 0 Å². The van der Waals surface area contributed by atoms with Crippen molar-refractivity contribution in [2.45, 2.75) is 26.1 Å². The number of benzene rings is 1. The molecule has 0 radical (unpaired) electrons. The van der Waals surface area contributed by atoms with E-state index < -0.39 is 0 Å². The van der Waals surface area contributed by atoms with Gasteiger partial charge in [-0.3, -0.25) is 14.6 Å². The lowest BCUT2D eigenvalue weighted by Crippen LogP contribution is -2.07. The van der Waals surface area contributed by atoms with Crippen LogP contribution < -0.4 is 0 Å². The van der Waals surface area contributed by atoms with Crippen LogP contribution in [0.3, 0.4) is 0 Å². The van der Waals surface area contributed by atoms with Crippen molar-refractivity contribution in [3.63, 3.8) is 0 Å². The number of hydrogen-bond acceptors (Lipinski definition) is 6. The lowest BCUT2D eigenvalue weighted by atomic mass is 10.0. The molecule has 0 atom stereocenters. The smallest absolute Gasteiger partial charge is 0.133 e. The normalized spacial score (nSPS) is 13.4. The Morgan fingerprint density at radius 1 is 1.06 bits per heavy atom. The van der Waals surface area contributed by atoms with Crippen LogP contribution in [0, 0.1) is 0 Å². The van der Waals surface area contributed by atoms with Gasteiger partial charge >= 0.3 is 0 Å². The first-order valence-electron chi connectivity index (χ1n) is 10.8. The molecule has 4 aromatic rings. The van der Waals surface area contributed by atoms with E-state index in [1.807, 2.05) is 41.5 Å². The molecule has 162 valence electrons. The maximum atomic E-state index is 5.23. The zero-order chi connectivity index (χ0) is 21.9. The van der Waals surface area contributed by atoms with Crippen molar-refractivity contribution in [3.8, 4) is 22.5 Å². The van der Waals surface area contributed by atoms with Gasteiger partial charge in [-0.1, -0.05) is 18.2 Å². The van der Waals surface area contributed by atoms with Crippen LogP contribution in [0.25, 0.3) is 22.5 Å². The van der Waals surface area contributed by atoms with E-state index >= 15 is 0 Å². The van der Waals surface area contributed by atoms with Crippen LogP contribution in [0.15, 0.2) is 61.2 Å². The van der Waals surface area contributed by atoms with Crippen molar-refractivity contribution in [2.24, 2.45) is 0 Å². The zero-order valence-electron chi connectivity index (χ0n) is 18.4. The van der Waals surface area contributed by atoms with Crippen LogP contribution in [-0.2, 0) is 30.8 Å². The van der Waals surface area contributed by atoms with Gasteiger partial charge in [0.1, 0.15) is 11.5 Å².